The summed E-state index contributed by atoms with van der Waals surface area (Å²) in [5, 5.41) is 3.44. The first-order valence-electron chi connectivity index (χ1n) is 6.26. The third kappa shape index (κ3) is 3.20. The summed E-state index contributed by atoms with van der Waals surface area (Å²) in [6.45, 7) is 4.75. The fourth-order valence-electron chi connectivity index (χ4n) is 2.32. The average molecular weight is 235 g/mol. The molecule has 0 aromatic heterocycles. The lowest BCUT2D eigenvalue weighted by molar-refractivity contribution is 0.110. The van der Waals surface area contributed by atoms with Gasteiger partial charge >= 0.3 is 0 Å². The number of hydrogen-bond acceptors (Lipinski definition) is 3. The second kappa shape index (κ2) is 6.03. The van der Waals surface area contributed by atoms with Gasteiger partial charge in [0.1, 0.15) is 5.75 Å². The van der Waals surface area contributed by atoms with E-state index in [1.54, 1.807) is 7.11 Å². The first-order chi connectivity index (χ1) is 8.31. The number of para-hydroxylation sites is 1. The second-order valence-corrected chi connectivity index (χ2v) is 4.53. The Balaban J connectivity index is 1.87. The van der Waals surface area contributed by atoms with Crippen molar-refractivity contribution in [3.05, 3.63) is 29.3 Å². The van der Waals surface area contributed by atoms with Crippen LogP contribution >= 0.6 is 0 Å². The van der Waals surface area contributed by atoms with Crippen LogP contribution in [0.4, 0.5) is 0 Å². The van der Waals surface area contributed by atoms with Gasteiger partial charge in [-0.3, -0.25) is 0 Å². The zero-order valence-electron chi connectivity index (χ0n) is 10.7. The van der Waals surface area contributed by atoms with Crippen molar-refractivity contribution in [2.75, 3.05) is 20.3 Å². The molecule has 0 aliphatic carbocycles. The summed E-state index contributed by atoms with van der Waals surface area (Å²) in [7, 11) is 1.73. The first-order valence-corrected chi connectivity index (χ1v) is 6.26. The lowest BCUT2D eigenvalue weighted by atomic mass is 10.1. The molecule has 1 aliphatic rings. The molecule has 1 N–H and O–H groups in total. The molecule has 94 valence electrons. The third-order valence-corrected chi connectivity index (χ3v) is 3.21. The van der Waals surface area contributed by atoms with E-state index in [0.29, 0.717) is 6.10 Å². The van der Waals surface area contributed by atoms with Crippen molar-refractivity contribution >= 4 is 0 Å². The lowest BCUT2D eigenvalue weighted by Gasteiger charge is -2.14. The van der Waals surface area contributed by atoms with Gasteiger partial charge in [0, 0.05) is 25.3 Å². The van der Waals surface area contributed by atoms with Crippen LogP contribution in [0.2, 0.25) is 0 Å². The maximum Gasteiger partial charge on any atom is 0.126 e. The summed E-state index contributed by atoms with van der Waals surface area (Å²) in [5.41, 5.74) is 2.40. The molecule has 1 heterocycles. The van der Waals surface area contributed by atoms with Crippen molar-refractivity contribution in [3.8, 4) is 5.75 Å². The van der Waals surface area contributed by atoms with Crippen molar-refractivity contribution in [1.29, 1.82) is 0 Å². The Morgan fingerprint density at radius 3 is 3.06 bits per heavy atom. The number of aryl methyl sites for hydroxylation is 1. The highest BCUT2D eigenvalue weighted by molar-refractivity contribution is 5.40. The Labute approximate surface area is 103 Å². The molecule has 3 heteroatoms. The molecule has 3 nitrogen and oxygen atoms in total. The van der Waals surface area contributed by atoms with Crippen molar-refractivity contribution in [2.24, 2.45) is 0 Å². The summed E-state index contributed by atoms with van der Waals surface area (Å²) in [5.74, 6) is 0.993. The molecule has 0 bridgehead atoms. The van der Waals surface area contributed by atoms with Gasteiger partial charge in [0.25, 0.3) is 0 Å². The minimum atomic E-state index is 0.394. The Bertz CT molecular complexity index is 359. The van der Waals surface area contributed by atoms with Gasteiger partial charge in [-0.05, 0) is 25.3 Å². The van der Waals surface area contributed by atoms with Gasteiger partial charge in [-0.15, -0.1) is 0 Å². The molecule has 1 atom stereocenters. The van der Waals surface area contributed by atoms with Gasteiger partial charge in [0.15, 0.2) is 0 Å². The molecule has 1 aromatic carbocycles. The van der Waals surface area contributed by atoms with Gasteiger partial charge in [0.05, 0.1) is 13.2 Å². The van der Waals surface area contributed by atoms with Crippen LogP contribution in [0.15, 0.2) is 18.2 Å². The molecule has 0 saturated carbocycles. The molecule has 1 aliphatic heterocycles. The first kappa shape index (κ1) is 12.4. The highest BCUT2D eigenvalue weighted by Crippen LogP contribution is 2.22. The van der Waals surface area contributed by atoms with E-state index in [9.17, 15) is 0 Å². The number of rotatable bonds is 5. The maximum absolute atomic E-state index is 5.58. The van der Waals surface area contributed by atoms with Crippen molar-refractivity contribution in [2.45, 2.75) is 32.4 Å². The molecule has 1 saturated heterocycles. The molecular weight excluding hydrogens is 214 g/mol. The van der Waals surface area contributed by atoms with E-state index < -0.39 is 0 Å². The SMILES string of the molecule is COc1c(C)cccc1CNCC1CCCO1. The van der Waals surface area contributed by atoms with Crippen LogP contribution in [-0.4, -0.2) is 26.4 Å². The normalized spacial score (nSPS) is 19.5. The zero-order chi connectivity index (χ0) is 12.1. The van der Waals surface area contributed by atoms with E-state index in [4.69, 9.17) is 9.47 Å². The van der Waals surface area contributed by atoms with Crippen LogP contribution in [0.25, 0.3) is 0 Å². The molecular formula is C14H21NO2. The summed E-state index contributed by atoms with van der Waals surface area (Å²) < 4.78 is 11.0. The fraction of sp³-hybridized carbons (Fsp3) is 0.571. The number of benzene rings is 1. The monoisotopic (exact) mass is 235 g/mol. The van der Waals surface area contributed by atoms with E-state index in [0.717, 1.165) is 25.4 Å². The topological polar surface area (TPSA) is 30.5 Å². The smallest absolute Gasteiger partial charge is 0.126 e. The minimum absolute atomic E-state index is 0.394. The largest absolute Gasteiger partial charge is 0.496 e. The zero-order valence-corrected chi connectivity index (χ0v) is 10.7. The number of nitrogens with one attached hydrogen (secondary N) is 1. The quantitative estimate of drug-likeness (QED) is 0.849. The maximum atomic E-state index is 5.58. The van der Waals surface area contributed by atoms with Crippen LogP contribution in [0.3, 0.4) is 0 Å². The third-order valence-electron chi connectivity index (χ3n) is 3.21. The summed E-state index contributed by atoms with van der Waals surface area (Å²) >= 11 is 0. The number of hydrogen-bond donors (Lipinski definition) is 1. The summed E-state index contributed by atoms with van der Waals surface area (Å²) in [6, 6.07) is 6.25. The average Bonchev–Trinajstić information content (AvgIpc) is 2.82. The molecule has 1 fully saturated rings. The predicted octanol–water partition coefficient (Wildman–Crippen LogP) is 2.27. The molecule has 1 unspecified atom stereocenters. The van der Waals surface area contributed by atoms with Crippen LogP contribution in [0, 0.1) is 6.92 Å². The molecule has 17 heavy (non-hydrogen) atoms. The van der Waals surface area contributed by atoms with E-state index in [-0.39, 0.29) is 0 Å². The second-order valence-electron chi connectivity index (χ2n) is 4.53. The van der Waals surface area contributed by atoms with E-state index >= 15 is 0 Å². The Morgan fingerprint density at radius 1 is 1.47 bits per heavy atom. The van der Waals surface area contributed by atoms with Gasteiger partial charge in [-0.1, -0.05) is 18.2 Å². The van der Waals surface area contributed by atoms with E-state index in [2.05, 4.69) is 30.4 Å². The Morgan fingerprint density at radius 2 is 2.35 bits per heavy atom. The van der Waals surface area contributed by atoms with Gasteiger partial charge in [-0.2, -0.15) is 0 Å². The van der Waals surface area contributed by atoms with E-state index in [1.807, 2.05) is 0 Å². The van der Waals surface area contributed by atoms with Crippen LogP contribution in [-0.2, 0) is 11.3 Å². The van der Waals surface area contributed by atoms with Crippen LogP contribution in [0.5, 0.6) is 5.75 Å². The molecule has 0 radical (unpaired) electrons. The van der Waals surface area contributed by atoms with Crippen LogP contribution < -0.4 is 10.1 Å². The predicted molar refractivity (Wildman–Crippen MR) is 68.4 cm³/mol. The minimum Gasteiger partial charge on any atom is -0.496 e. The number of ether oxygens (including phenoxy) is 2. The fourth-order valence-corrected chi connectivity index (χ4v) is 2.32. The molecule has 0 spiro atoms. The van der Waals surface area contributed by atoms with Crippen LogP contribution in [0.1, 0.15) is 24.0 Å². The molecule has 2 rings (SSSR count). The molecule has 1 aromatic rings. The lowest BCUT2D eigenvalue weighted by Crippen LogP contribution is -2.26. The highest BCUT2D eigenvalue weighted by Gasteiger charge is 2.14. The summed E-state index contributed by atoms with van der Waals surface area (Å²) in [4.78, 5) is 0. The molecule has 0 amide bonds. The van der Waals surface area contributed by atoms with Gasteiger partial charge in [-0.25, -0.2) is 0 Å². The van der Waals surface area contributed by atoms with Crippen molar-refractivity contribution < 1.29 is 9.47 Å². The number of methoxy groups -OCH3 is 1. The summed E-state index contributed by atoms with van der Waals surface area (Å²) in [6.07, 6.45) is 2.77. The highest BCUT2D eigenvalue weighted by atomic mass is 16.5. The van der Waals surface area contributed by atoms with E-state index in [1.165, 1.54) is 24.0 Å². The Hall–Kier alpha value is -1.06. The standard InChI is InChI=1S/C14H21NO2/c1-11-5-3-6-12(14(11)16-2)9-15-10-13-7-4-8-17-13/h3,5-6,13,15H,4,7-10H2,1-2H3. The van der Waals surface area contributed by atoms with Crippen molar-refractivity contribution in [3.63, 3.8) is 0 Å². The Kier molecular flexibility index (Phi) is 4.40. The van der Waals surface area contributed by atoms with Gasteiger partial charge < -0.3 is 14.8 Å². The van der Waals surface area contributed by atoms with Gasteiger partial charge in [0.2, 0.25) is 0 Å². The van der Waals surface area contributed by atoms with Crippen molar-refractivity contribution in [1.82, 2.24) is 5.32 Å².